The highest BCUT2D eigenvalue weighted by atomic mass is 35.5. The molecule has 3 aromatic heterocycles. The van der Waals surface area contributed by atoms with Gasteiger partial charge in [0.05, 0.1) is 37.2 Å². The van der Waals surface area contributed by atoms with Gasteiger partial charge in [-0.3, -0.25) is 4.68 Å². The first-order valence-electron chi connectivity index (χ1n) is 9.62. The van der Waals surface area contributed by atoms with E-state index in [0.717, 1.165) is 16.3 Å². The third kappa shape index (κ3) is 4.85. The molecule has 164 valence electrons. The van der Waals surface area contributed by atoms with E-state index in [0.29, 0.717) is 33.5 Å². The van der Waals surface area contributed by atoms with Crippen LogP contribution in [0.15, 0.2) is 47.1 Å². The van der Waals surface area contributed by atoms with Crippen molar-refractivity contribution in [2.45, 2.75) is 17.3 Å². The summed E-state index contributed by atoms with van der Waals surface area (Å²) in [6.07, 6.45) is 3.22. The van der Waals surface area contributed by atoms with Gasteiger partial charge in [0.2, 0.25) is 5.69 Å². The van der Waals surface area contributed by atoms with Crippen LogP contribution in [0.3, 0.4) is 0 Å². The van der Waals surface area contributed by atoms with E-state index in [9.17, 15) is 5.26 Å². The summed E-state index contributed by atoms with van der Waals surface area (Å²) in [5, 5.41) is 27.2. The van der Waals surface area contributed by atoms with Crippen LogP contribution in [0, 0.1) is 17.9 Å². The number of thioether (sulfide) groups is 1. The summed E-state index contributed by atoms with van der Waals surface area (Å²) in [6.45, 7) is 7.77. The summed E-state index contributed by atoms with van der Waals surface area (Å²) < 4.78 is 1.54. The Morgan fingerprint density at radius 2 is 2.06 bits per heavy atom. The summed E-state index contributed by atoms with van der Waals surface area (Å²) in [5.74, 6) is 0.530. The van der Waals surface area contributed by atoms with Gasteiger partial charge in [0, 0.05) is 39.0 Å². The molecule has 4 rings (SSSR count). The van der Waals surface area contributed by atoms with Crippen LogP contribution in [0.1, 0.15) is 11.3 Å². The van der Waals surface area contributed by atoms with Crippen LogP contribution in [0.2, 0.25) is 5.02 Å². The van der Waals surface area contributed by atoms with Gasteiger partial charge in [0.1, 0.15) is 21.9 Å². The zero-order chi connectivity index (χ0) is 23.4. The van der Waals surface area contributed by atoms with E-state index in [1.54, 1.807) is 17.1 Å². The van der Waals surface area contributed by atoms with Crippen molar-refractivity contribution in [1.82, 2.24) is 19.7 Å². The molecule has 33 heavy (non-hydrogen) atoms. The molecule has 0 saturated carbocycles. The van der Waals surface area contributed by atoms with Gasteiger partial charge < -0.3 is 10.8 Å². The fourth-order valence-electron chi connectivity index (χ4n) is 3.13. The number of hydrogen-bond donors (Lipinski definition) is 2. The standard InChI is InChI=1S/C22H16ClN7OS2/c1-26-19-18(14-9-27-30(10-14)6-7-31)17(8-24)22(29-20(19)25)33-12-16-11-32-21(28-16)13-2-4-15(23)5-3-13/h2-5,9-11,31H,6-7,12H2,(H2,25,29). The number of nitrogen functional groups attached to an aromatic ring is 1. The first-order chi connectivity index (χ1) is 16.0. The van der Waals surface area contributed by atoms with Crippen LogP contribution in [0.25, 0.3) is 26.5 Å². The van der Waals surface area contributed by atoms with E-state index in [2.05, 4.69) is 26.0 Å². The molecular weight excluding hydrogens is 478 g/mol. The molecule has 0 aliphatic carbocycles. The van der Waals surface area contributed by atoms with Crippen molar-refractivity contribution < 1.29 is 5.11 Å². The lowest BCUT2D eigenvalue weighted by atomic mass is 10.0. The van der Waals surface area contributed by atoms with Gasteiger partial charge in [-0.1, -0.05) is 35.5 Å². The average molecular weight is 494 g/mol. The largest absolute Gasteiger partial charge is 0.394 e. The van der Waals surface area contributed by atoms with E-state index >= 15 is 0 Å². The molecule has 11 heteroatoms. The molecule has 4 aromatic rings. The number of aromatic nitrogens is 4. The van der Waals surface area contributed by atoms with Crippen molar-refractivity contribution >= 4 is 46.2 Å². The molecule has 0 aliphatic rings. The fraction of sp³-hybridized carbons (Fsp3) is 0.136. The predicted molar refractivity (Wildman–Crippen MR) is 130 cm³/mol. The second-order valence-electron chi connectivity index (χ2n) is 6.78. The number of nitrogens with zero attached hydrogens (tertiary/aromatic N) is 6. The number of nitrogens with two attached hydrogens (primary N) is 1. The molecule has 1 aromatic carbocycles. The Kier molecular flexibility index (Phi) is 6.92. The summed E-state index contributed by atoms with van der Waals surface area (Å²) in [6, 6.07) is 9.66. The van der Waals surface area contributed by atoms with Crippen LogP contribution in [0.4, 0.5) is 11.5 Å². The highest BCUT2D eigenvalue weighted by Crippen LogP contribution is 2.41. The summed E-state index contributed by atoms with van der Waals surface area (Å²) in [7, 11) is 0. The van der Waals surface area contributed by atoms with Crippen LogP contribution in [-0.2, 0) is 12.3 Å². The molecule has 0 aliphatic heterocycles. The molecule has 0 amide bonds. The third-order valence-corrected chi connectivity index (χ3v) is 6.84. The summed E-state index contributed by atoms with van der Waals surface area (Å²) in [5.41, 5.74) is 9.23. The number of hydrogen-bond acceptors (Lipinski definition) is 8. The molecule has 3 N–H and O–H groups in total. The third-order valence-electron chi connectivity index (χ3n) is 4.64. The lowest BCUT2D eigenvalue weighted by Crippen LogP contribution is -2.01. The number of benzene rings is 1. The van der Waals surface area contributed by atoms with Crippen LogP contribution < -0.4 is 5.73 Å². The normalized spacial score (nSPS) is 10.7. The molecule has 8 nitrogen and oxygen atoms in total. The molecule has 0 fully saturated rings. The number of pyridine rings is 1. The lowest BCUT2D eigenvalue weighted by Gasteiger charge is -2.11. The number of thiazole rings is 1. The Labute approximate surface area is 203 Å². The maximum absolute atomic E-state index is 9.92. The van der Waals surface area contributed by atoms with E-state index in [1.807, 2.05) is 29.6 Å². The van der Waals surface area contributed by atoms with Gasteiger partial charge in [0.15, 0.2) is 0 Å². The lowest BCUT2D eigenvalue weighted by molar-refractivity contribution is 0.269. The van der Waals surface area contributed by atoms with Crippen LogP contribution in [0.5, 0.6) is 0 Å². The van der Waals surface area contributed by atoms with E-state index in [1.165, 1.54) is 23.1 Å². The van der Waals surface area contributed by atoms with Gasteiger partial charge in [-0.05, 0) is 12.1 Å². The molecule has 0 saturated heterocycles. The Hall–Kier alpha value is -3.41. The zero-order valence-electron chi connectivity index (χ0n) is 17.1. The maximum Gasteiger partial charge on any atom is 0.237 e. The topological polar surface area (TPSA) is 118 Å². The van der Waals surface area contributed by atoms with E-state index in [4.69, 9.17) is 29.0 Å². The van der Waals surface area contributed by atoms with Gasteiger partial charge >= 0.3 is 0 Å². The van der Waals surface area contributed by atoms with Crippen molar-refractivity contribution in [3.8, 4) is 27.8 Å². The van der Waals surface area contributed by atoms with Crippen LogP contribution in [-0.4, -0.2) is 31.5 Å². The number of aliphatic hydroxyl groups excluding tert-OH is 1. The van der Waals surface area contributed by atoms with Crippen molar-refractivity contribution in [2.75, 3.05) is 12.3 Å². The smallest absolute Gasteiger partial charge is 0.237 e. The SMILES string of the molecule is [C-]#[N+]c1c(N)nc(SCc2csc(-c3ccc(Cl)cc3)n2)c(C#N)c1-c1cnn(CCO)c1. The summed E-state index contributed by atoms with van der Waals surface area (Å²) >= 11 is 8.82. The molecule has 0 atom stereocenters. The van der Waals surface area contributed by atoms with Crippen molar-refractivity contribution in [3.63, 3.8) is 0 Å². The zero-order valence-corrected chi connectivity index (χ0v) is 19.5. The maximum atomic E-state index is 9.92. The van der Waals surface area contributed by atoms with Gasteiger partial charge in [-0.15, -0.1) is 11.3 Å². The molecule has 0 radical (unpaired) electrons. The molecule has 3 heterocycles. The predicted octanol–water partition coefficient (Wildman–Crippen LogP) is 5.01. The minimum Gasteiger partial charge on any atom is -0.394 e. The van der Waals surface area contributed by atoms with E-state index < -0.39 is 0 Å². The number of halogens is 1. The highest BCUT2D eigenvalue weighted by Gasteiger charge is 2.22. The molecule has 0 spiro atoms. The minimum atomic E-state index is -0.0763. The highest BCUT2D eigenvalue weighted by molar-refractivity contribution is 7.98. The first-order valence-corrected chi connectivity index (χ1v) is 11.9. The van der Waals surface area contributed by atoms with Gasteiger partial charge in [0.25, 0.3) is 0 Å². The summed E-state index contributed by atoms with van der Waals surface area (Å²) in [4.78, 5) is 12.5. The van der Waals surface area contributed by atoms with Crippen molar-refractivity contribution in [2.24, 2.45) is 0 Å². The number of aliphatic hydroxyl groups is 1. The number of nitriles is 1. The van der Waals surface area contributed by atoms with Gasteiger partial charge in [-0.25, -0.2) is 14.8 Å². The second kappa shape index (κ2) is 10.0. The molecular formula is C22H16ClN7OS2. The monoisotopic (exact) mass is 493 g/mol. The van der Waals surface area contributed by atoms with Crippen molar-refractivity contribution in [1.29, 1.82) is 5.26 Å². The molecule has 0 unspecified atom stereocenters. The average Bonchev–Trinajstić information content (AvgIpc) is 3.48. The quantitative estimate of drug-likeness (QED) is 0.274. The first kappa shape index (κ1) is 22.8. The van der Waals surface area contributed by atoms with Gasteiger partial charge in [-0.2, -0.15) is 10.4 Å². The van der Waals surface area contributed by atoms with Crippen LogP contribution >= 0.6 is 34.7 Å². The Morgan fingerprint density at radius 3 is 2.76 bits per heavy atom. The number of anilines is 1. The van der Waals surface area contributed by atoms with E-state index in [-0.39, 0.29) is 23.7 Å². The molecule has 0 bridgehead atoms. The Balaban J connectivity index is 1.64. The minimum absolute atomic E-state index is 0.0524. The Bertz CT molecular complexity index is 1380. The Morgan fingerprint density at radius 1 is 1.27 bits per heavy atom. The van der Waals surface area contributed by atoms with Crippen molar-refractivity contribution in [3.05, 3.63) is 69.7 Å². The number of rotatable bonds is 7. The second-order valence-corrected chi connectivity index (χ2v) is 9.04. The fourth-order valence-corrected chi connectivity index (χ4v) is 5.08.